The molecule has 0 saturated carbocycles. The minimum atomic E-state index is -0.445. The average Bonchev–Trinajstić information content (AvgIpc) is 2.58. The van der Waals surface area contributed by atoms with Gasteiger partial charge in [-0.05, 0) is 23.8 Å². The lowest BCUT2D eigenvalue weighted by Gasteiger charge is -2.22. The number of hydrogen-bond donors (Lipinski definition) is 2. The van der Waals surface area contributed by atoms with Crippen LogP contribution in [0.4, 0.5) is 0 Å². The van der Waals surface area contributed by atoms with Gasteiger partial charge in [0.15, 0.2) is 23.1 Å². The van der Waals surface area contributed by atoms with Gasteiger partial charge < -0.3 is 19.7 Å². The Morgan fingerprint density at radius 1 is 0.957 bits per heavy atom. The van der Waals surface area contributed by atoms with E-state index in [0.29, 0.717) is 5.56 Å². The van der Waals surface area contributed by atoms with Crippen molar-refractivity contribution in [1.82, 2.24) is 0 Å². The molecule has 2 aromatic rings. The van der Waals surface area contributed by atoms with Gasteiger partial charge in [0.2, 0.25) is 5.75 Å². The molecule has 0 atom stereocenters. The Bertz CT molecular complexity index is 837. The van der Waals surface area contributed by atoms with Crippen LogP contribution in [0.15, 0.2) is 24.3 Å². The lowest BCUT2D eigenvalue weighted by Crippen LogP contribution is -2.22. The maximum Gasteiger partial charge on any atom is 0.201 e. The van der Waals surface area contributed by atoms with Crippen molar-refractivity contribution < 1.29 is 29.3 Å². The van der Waals surface area contributed by atoms with Gasteiger partial charge >= 0.3 is 0 Å². The second kappa shape index (κ2) is 5.40. The zero-order chi connectivity index (χ0) is 16.7. The van der Waals surface area contributed by atoms with Gasteiger partial charge in [-0.15, -0.1) is 0 Å². The Kier molecular flexibility index (Phi) is 3.54. The van der Waals surface area contributed by atoms with E-state index in [1.807, 2.05) is 0 Å². The summed E-state index contributed by atoms with van der Waals surface area (Å²) in [7, 11) is 2.64. The molecule has 1 aliphatic carbocycles. The number of aliphatic hydroxyl groups is 1. The number of rotatable bonds is 3. The minimum Gasteiger partial charge on any atom is -0.502 e. The number of hydrogen-bond acceptors (Lipinski definition) is 6. The smallest absolute Gasteiger partial charge is 0.201 e. The first-order chi connectivity index (χ1) is 11.0. The number of phenolic OH excluding ortho intramolecular Hbond substituents is 1. The predicted molar refractivity (Wildman–Crippen MR) is 80.4 cm³/mol. The predicted octanol–water partition coefficient (Wildman–Crippen LogP) is 1.68. The second-order valence-electron chi connectivity index (χ2n) is 5.08. The summed E-state index contributed by atoms with van der Waals surface area (Å²) in [6.07, 6.45) is 0. The Morgan fingerprint density at radius 3 is 2.30 bits per heavy atom. The summed E-state index contributed by atoms with van der Waals surface area (Å²) in [5, 5.41) is 19.4. The van der Waals surface area contributed by atoms with E-state index in [0.717, 1.165) is 0 Å². The van der Waals surface area contributed by atoms with E-state index in [-0.39, 0.29) is 51.9 Å². The van der Waals surface area contributed by atoms with Gasteiger partial charge in [-0.2, -0.15) is 0 Å². The van der Waals surface area contributed by atoms with E-state index in [1.165, 1.54) is 32.4 Å². The molecule has 0 aromatic heterocycles. The van der Waals surface area contributed by atoms with Crippen LogP contribution in [0.5, 0.6) is 17.2 Å². The highest BCUT2D eigenvalue weighted by Gasteiger charge is 2.35. The van der Waals surface area contributed by atoms with Crippen molar-refractivity contribution in [3.8, 4) is 17.2 Å². The fourth-order valence-corrected chi connectivity index (χ4v) is 2.74. The average molecular weight is 314 g/mol. The summed E-state index contributed by atoms with van der Waals surface area (Å²) in [6.45, 7) is -0.243. The summed E-state index contributed by atoms with van der Waals surface area (Å²) in [6, 6.07) is 5.90. The van der Waals surface area contributed by atoms with Crippen LogP contribution < -0.4 is 9.47 Å². The minimum absolute atomic E-state index is 0.00149. The summed E-state index contributed by atoms with van der Waals surface area (Å²) in [5.41, 5.74) is 1.06. The van der Waals surface area contributed by atoms with Crippen molar-refractivity contribution in [1.29, 1.82) is 0 Å². The van der Waals surface area contributed by atoms with E-state index in [4.69, 9.17) is 9.47 Å². The Balaban J connectivity index is 2.33. The summed E-state index contributed by atoms with van der Waals surface area (Å²) in [4.78, 5) is 25.5. The normalized spacial score (nSPS) is 12.7. The molecule has 1 aliphatic rings. The molecule has 0 heterocycles. The quantitative estimate of drug-likeness (QED) is 0.764. The van der Waals surface area contributed by atoms with Crippen LogP contribution in [-0.4, -0.2) is 36.0 Å². The highest BCUT2D eigenvalue weighted by Crippen LogP contribution is 2.44. The third-order valence-electron chi connectivity index (χ3n) is 3.87. The molecule has 0 radical (unpaired) electrons. The van der Waals surface area contributed by atoms with Crippen LogP contribution in [0, 0.1) is 0 Å². The SMILES string of the molecule is COc1cc2c(c(OC)c1O)C(=O)c1cc(CO)ccc1C2=O. The van der Waals surface area contributed by atoms with Crippen LogP contribution in [0.1, 0.15) is 37.4 Å². The molecule has 2 aromatic carbocycles. The molecule has 23 heavy (non-hydrogen) atoms. The number of carbonyl (C=O) groups is 2. The summed E-state index contributed by atoms with van der Waals surface area (Å²) in [5.74, 6) is -1.19. The van der Waals surface area contributed by atoms with Gasteiger partial charge in [-0.1, -0.05) is 6.07 Å². The van der Waals surface area contributed by atoms with E-state index in [9.17, 15) is 19.8 Å². The lowest BCUT2D eigenvalue weighted by molar-refractivity contribution is 0.0975. The van der Waals surface area contributed by atoms with Gasteiger partial charge in [-0.25, -0.2) is 0 Å². The number of ketones is 2. The van der Waals surface area contributed by atoms with Crippen molar-refractivity contribution in [2.45, 2.75) is 6.61 Å². The van der Waals surface area contributed by atoms with Gasteiger partial charge in [0, 0.05) is 16.7 Å². The monoisotopic (exact) mass is 314 g/mol. The molecule has 6 nitrogen and oxygen atoms in total. The molecule has 118 valence electrons. The van der Waals surface area contributed by atoms with Gasteiger partial charge in [-0.3, -0.25) is 9.59 Å². The molecule has 0 fully saturated rings. The maximum absolute atomic E-state index is 12.8. The molecular weight excluding hydrogens is 300 g/mol. The van der Waals surface area contributed by atoms with Gasteiger partial charge in [0.1, 0.15) is 0 Å². The van der Waals surface area contributed by atoms with Crippen molar-refractivity contribution in [2.75, 3.05) is 14.2 Å². The summed E-state index contributed by atoms with van der Waals surface area (Å²) < 4.78 is 10.2. The number of carbonyl (C=O) groups excluding carboxylic acids is 2. The largest absolute Gasteiger partial charge is 0.502 e. The van der Waals surface area contributed by atoms with Crippen LogP contribution in [0.25, 0.3) is 0 Å². The first-order valence-electron chi connectivity index (χ1n) is 6.84. The van der Waals surface area contributed by atoms with E-state index in [2.05, 4.69) is 0 Å². The molecule has 0 amide bonds. The van der Waals surface area contributed by atoms with Crippen molar-refractivity contribution in [3.05, 3.63) is 52.1 Å². The van der Waals surface area contributed by atoms with E-state index in [1.54, 1.807) is 6.07 Å². The molecule has 0 unspecified atom stereocenters. The number of ether oxygens (including phenoxy) is 2. The van der Waals surface area contributed by atoms with Gasteiger partial charge in [0.25, 0.3) is 0 Å². The van der Waals surface area contributed by atoms with Crippen LogP contribution in [0.2, 0.25) is 0 Å². The number of aromatic hydroxyl groups is 1. The highest BCUT2D eigenvalue weighted by molar-refractivity contribution is 6.29. The molecule has 3 rings (SSSR count). The first-order valence-corrected chi connectivity index (χ1v) is 6.84. The van der Waals surface area contributed by atoms with Gasteiger partial charge in [0.05, 0.1) is 26.4 Å². The third-order valence-corrected chi connectivity index (χ3v) is 3.87. The van der Waals surface area contributed by atoms with Crippen LogP contribution >= 0.6 is 0 Å². The second-order valence-corrected chi connectivity index (χ2v) is 5.08. The van der Waals surface area contributed by atoms with Crippen molar-refractivity contribution in [2.24, 2.45) is 0 Å². The Labute approximate surface area is 131 Å². The maximum atomic E-state index is 12.8. The highest BCUT2D eigenvalue weighted by atomic mass is 16.5. The molecule has 0 bridgehead atoms. The zero-order valence-corrected chi connectivity index (χ0v) is 12.5. The topological polar surface area (TPSA) is 93.1 Å². The third kappa shape index (κ3) is 2.07. The summed E-state index contributed by atoms with van der Waals surface area (Å²) >= 11 is 0. The number of phenols is 1. The molecular formula is C17H14O6. The lowest BCUT2D eigenvalue weighted by atomic mass is 9.82. The fraction of sp³-hybridized carbons (Fsp3) is 0.176. The van der Waals surface area contributed by atoms with Crippen LogP contribution in [0.3, 0.4) is 0 Å². The van der Waals surface area contributed by atoms with E-state index < -0.39 is 5.78 Å². The number of fused-ring (bicyclic) bond motifs is 2. The Morgan fingerprint density at radius 2 is 1.70 bits per heavy atom. The van der Waals surface area contributed by atoms with Crippen LogP contribution in [-0.2, 0) is 6.61 Å². The first kappa shape index (κ1) is 15.1. The van der Waals surface area contributed by atoms with Crippen molar-refractivity contribution in [3.63, 3.8) is 0 Å². The molecule has 6 heteroatoms. The van der Waals surface area contributed by atoms with Crippen molar-refractivity contribution >= 4 is 11.6 Å². The molecule has 2 N–H and O–H groups in total. The molecule has 0 saturated heterocycles. The number of aliphatic hydroxyl groups excluding tert-OH is 1. The molecule has 0 aliphatic heterocycles. The zero-order valence-electron chi connectivity index (χ0n) is 12.5. The number of benzene rings is 2. The number of methoxy groups -OCH3 is 2. The fourth-order valence-electron chi connectivity index (χ4n) is 2.74. The van der Waals surface area contributed by atoms with E-state index >= 15 is 0 Å². The Hall–Kier alpha value is -2.86. The standard InChI is InChI=1S/C17H14O6/c1-22-12-6-11-13(17(23-2)16(12)21)15(20)10-5-8(7-18)3-4-9(10)14(11)19/h3-6,18,21H,7H2,1-2H3. The molecule has 0 spiro atoms.